The van der Waals surface area contributed by atoms with Crippen molar-refractivity contribution in [1.29, 1.82) is 0 Å². The van der Waals surface area contributed by atoms with E-state index in [9.17, 15) is 8.78 Å². The van der Waals surface area contributed by atoms with Gasteiger partial charge in [0.2, 0.25) is 0 Å². The Morgan fingerprint density at radius 3 is 1.44 bits per heavy atom. The minimum absolute atomic E-state index is 0.246. The summed E-state index contributed by atoms with van der Waals surface area (Å²) >= 11 is 0. The second-order valence-corrected chi connectivity index (χ2v) is 9.11. The van der Waals surface area contributed by atoms with Crippen molar-refractivity contribution in [2.75, 3.05) is 36.9 Å². The third-order valence-corrected chi connectivity index (χ3v) is 5.90. The van der Waals surface area contributed by atoms with Crippen LogP contribution in [0.1, 0.15) is 11.1 Å². The second kappa shape index (κ2) is 15.7. The molecule has 0 aliphatic carbocycles. The molecule has 0 bridgehead atoms. The fraction of sp³-hybridized carbons (Fsp3) is 0.200. The standard InChI is InChI=1S/C30H32B2F2N2O3/c33-27-7-11-29(12-8-27)35-15-17-38-31-25-5-1-3-23(19-25)21-37-22-24-4-2-6-26(20-24)32-39-18-16-36-30-13-9-28(34)10-14-30/h1-14,19-20,31-32,35-36H,15-18,21-22H2. The Kier molecular flexibility index (Phi) is 11.4. The van der Waals surface area contributed by atoms with Gasteiger partial charge in [-0.2, -0.15) is 0 Å². The van der Waals surface area contributed by atoms with Crippen molar-refractivity contribution < 1.29 is 22.8 Å². The molecule has 4 aromatic rings. The summed E-state index contributed by atoms with van der Waals surface area (Å²) in [5, 5.41) is 6.42. The average Bonchev–Trinajstić information content (AvgIpc) is 2.95. The van der Waals surface area contributed by atoms with Gasteiger partial charge < -0.3 is 24.7 Å². The van der Waals surface area contributed by atoms with E-state index in [1.54, 1.807) is 24.3 Å². The molecule has 0 aliphatic heterocycles. The Labute approximate surface area is 230 Å². The molecule has 0 heterocycles. The van der Waals surface area contributed by atoms with Crippen LogP contribution in [0.4, 0.5) is 20.2 Å². The van der Waals surface area contributed by atoms with Crippen LogP contribution in [0.2, 0.25) is 0 Å². The van der Waals surface area contributed by atoms with Crippen LogP contribution in [0.25, 0.3) is 0 Å². The molecule has 4 rings (SSSR count). The fourth-order valence-corrected chi connectivity index (χ4v) is 3.96. The van der Waals surface area contributed by atoms with E-state index >= 15 is 0 Å². The van der Waals surface area contributed by atoms with E-state index < -0.39 is 0 Å². The molecule has 9 heteroatoms. The van der Waals surface area contributed by atoms with Gasteiger partial charge in [0.05, 0.1) is 13.2 Å². The van der Waals surface area contributed by atoms with Crippen LogP contribution in [0, 0.1) is 11.6 Å². The maximum Gasteiger partial charge on any atom is 0.308 e. The second-order valence-electron chi connectivity index (χ2n) is 9.11. The molecular formula is C30H32B2F2N2O3. The highest BCUT2D eigenvalue weighted by molar-refractivity contribution is 6.47. The van der Waals surface area contributed by atoms with E-state index in [0.717, 1.165) is 33.4 Å². The predicted octanol–water partition coefficient (Wildman–Crippen LogP) is 3.89. The molecule has 4 aromatic carbocycles. The van der Waals surface area contributed by atoms with Crippen LogP contribution in [0.3, 0.4) is 0 Å². The molecule has 2 N–H and O–H groups in total. The number of halogens is 2. The monoisotopic (exact) mass is 528 g/mol. The van der Waals surface area contributed by atoms with Gasteiger partial charge in [0.15, 0.2) is 0 Å². The molecular weight excluding hydrogens is 496 g/mol. The van der Waals surface area contributed by atoms with Crippen LogP contribution < -0.4 is 21.6 Å². The van der Waals surface area contributed by atoms with E-state index in [2.05, 4.69) is 22.8 Å². The molecule has 0 unspecified atom stereocenters. The molecule has 0 aliphatic rings. The van der Waals surface area contributed by atoms with Gasteiger partial charge in [0, 0.05) is 37.7 Å². The summed E-state index contributed by atoms with van der Waals surface area (Å²) in [6, 6.07) is 28.9. The van der Waals surface area contributed by atoms with Crippen LogP contribution >= 0.6 is 0 Å². The zero-order chi connectivity index (χ0) is 27.1. The van der Waals surface area contributed by atoms with Gasteiger partial charge in [-0.15, -0.1) is 0 Å². The first-order valence-corrected chi connectivity index (χ1v) is 13.0. The summed E-state index contributed by atoms with van der Waals surface area (Å²) in [5.41, 5.74) is 6.10. The van der Waals surface area contributed by atoms with E-state index in [0.29, 0.717) is 54.5 Å². The van der Waals surface area contributed by atoms with Crippen molar-refractivity contribution in [2.24, 2.45) is 0 Å². The molecule has 0 amide bonds. The number of hydrogen-bond donors (Lipinski definition) is 2. The van der Waals surface area contributed by atoms with Gasteiger partial charge in [0.1, 0.15) is 11.6 Å². The first kappa shape index (κ1) is 28.4. The third-order valence-electron chi connectivity index (χ3n) is 5.90. The molecule has 0 radical (unpaired) electrons. The summed E-state index contributed by atoms with van der Waals surface area (Å²) in [4.78, 5) is 0. The molecule has 0 atom stereocenters. The van der Waals surface area contributed by atoms with Gasteiger partial charge in [0.25, 0.3) is 0 Å². The van der Waals surface area contributed by atoms with E-state index in [1.807, 2.05) is 36.4 Å². The van der Waals surface area contributed by atoms with E-state index in [4.69, 9.17) is 14.0 Å². The summed E-state index contributed by atoms with van der Waals surface area (Å²) in [6.07, 6.45) is 0. The Hall–Kier alpha value is -3.65. The fourth-order valence-electron chi connectivity index (χ4n) is 3.96. The Bertz CT molecular complexity index is 1180. The summed E-state index contributed by atoms with van der Waals surface area (Å²) in [7, 11) is 1.03. The topological polar surface area (TPSA) is 51.8 Å². The van der Waals surface area contributed by atoms with Gasteiger partial charge >= 0.3 is 15.0 Å². The van der Waals surface area contributed by atoms with Crippen molar-refractivity contribution in [3.63, 3.8) is 0 Å². The first-order valence-electron chi connectivity index (χ1n) is 13.0. The highest BCUT2D eigenvalue weighted by Gasteiger charge is 2.03. The summed E-state index contributed by atoms with van der Waals surface area (Å²) in [6.45, 7) is 3.40. The lowest BCUT2D eigenvalue weighted by Crippen LogP contribution is -2.21. The number of hydrogen-bond acceptors (Lipinski definition) is 5. The van der Waals surface area contributed by atoms with Crippen molar-refractivity contribution in [2.45, 2.75) is 13.2 Å². The zero-order valence-corrected chi connectivity index (χ0v) is 21.9. The molecule has 0 saturated heterocycles. The number of benzene rings is 4. The van der Waals surface area contributed by atoms with E-state index in [1.165, 1.54) is 24.3 Å². The lowest BCUT2D eigenvalue weighted by molar-refractivity contribution is 0.107. The number of anilines is 2. The van der Waals surface area contributed by atoms with Gasteiger partial charge in [-0.25, -0.2) is 8.78 Å². The molecule has 39 heavy (non-hydrogen) atoms. The highest BCUT2D eigenvalue weighted by Crippen LogP contribution is 2.09. The van der Waals surface area contributed by atoms with Crippen molar-refractivity contribution in [1.82, 2.24) is 0 Å². The van der Waals surface area contributed by atoms with Crippen molar-refractivity contribution >= 4 is 37.3 Å². The van der Waals surface area contributed by atoms with Crippen molar-refractivity contribution in [3.05, 3.63) is 120 Å². The van der Waals surface area contributed by atoms with Crippen LogP contribution in [-0.4, -0.2) is 41.3 Å². The largest absolute Gasteiger partial charge is 0.433 e. The normalized spacial score (nSPS) is 10.7. The number of rotatable bonds is 16. The minimum Gasteiger partial charge on any atom is -0.433 e. The van der Waals surface area contributed by atoms with Gasteiger partial charge in [-0.1, -0.05) is 59.5 Å². The summed E-state index contributed by atoms with van der Waals surface area (Å²) in [5.74, 6) is -0.492. The van der Waals surface area contributed by atoms with E-state index in [-0.39, 0.29) is 11.6 Å². The Morgan fingerprint density at radius 1 is 0.564 bits per heavy atom. The first-order chi connectivity index (χ1) is 19.1. The minimum atomic E-state index is -0.246. The van der Waals surface area contributed by atoms with Crippen molar-refractivity contribution in [3.8, 4) is 0 Å². The number of nitrogens with one attached hydrogen (secondary N) is 2. The SMILES string of the molecule is Fc1ccc(NCCOBc2cccc(COCc3cccc(BOCCNc4ccc(F)cc4)c3)c2)cc1. The maximum atomic E-state index is 13.0. The summed E-state index contributed by atoms with van der Waals surface area (Å²) < 4.78 is 43.4. The molecule has 5 nitrogen and oxygen atoms in total. The van der Waals surface area contributed by atoms with Gasteiger partial charge in [-0.05, 0) is 59.7 Å². The van der Waals surface area contributed by atoms with Crippen LogP contribution in [-0.2, 0) is 27.3 Å². The Morgan fingerprint density at radius 2 is 1.00 bits per heavy atom. The van der Waals surface area contributed by atoms with Crippen LogP contribution in [0.15, 0.2) is 97.1 Å². The zero-order valence-electron chi connectivity index (χ0n) is 21.9. The molecule has 0 fully saturated rings. The van der Waals surface area contributed by atoms with Crippen LogP contribution in [0.5, 0.6) is 0 Å². The maximum absolute atomic E-state index is 13.0. The predicted molar refractivity (Wildman–Crippen MR) is 157 cm³/mol. The number of ether oxygens (including phenoxy) is 1. The lowest BCUT2D eigenvalue weighted by atomic mass is 9.87. The van der Waals surface area contributed by atoms with Gasteiger partial charge in [-0.3, -0.25) is 0 Å². The average molecular weight is 528 g/mol. The lowest BCUT2D eigenvalue weighted by Gasteiger charge is -2.10. The quantitative estimate of drug-likeness (QED) is 0.171. The third kappa shape index (κ3) is 10.6. The molecule has 0 spiro atoms. The highest BCUT2D eigenvalue weighted by atomic mass is 19.1. The molecule has 200 valence electrons. The molecule has 0 aromatic heterocycles. The Balaban J connectivity index is 1.10. The smallest absolute Gasteiger partial charge is 0.308 e. The molecule has 0 saturated carbocycles.